The second kappa shape index (κ2) is 6.48. The van der Waals surface area contributed by atoms with Crippen LogP contribution in [-0.4, -0.2) is 30.6 Å². The Hall–Kier alpha value is -2.41. The molecule has 0 saturated heterocycles. The molecule has 0 spiro atoms. The molecule has 3 heterocycles. The minimum atomic E-state index is -0.128. The number of allylic oxidation sites excluding steroid dienone is 1. The molecule has 0 radical (unpaired) electrons. The Kier molecular flexibility index (Phi) is 4.51. The van der Waals surface area contributed by atoms with E-state index in [1.807, 2.05) is 23.1 Å². The summed E-state index contributed by atoms with van der Waals surface area (Å²) in [7, 11) is 0. The van der Waals surface area contributed by atoms with Crippen LogP contribution in [0.4, 0.5) is 0 Å². The van der Waals surface area contributed by atoms with Gasteiger partial charge in [-0.25, -0.2) is 19.3 Å². The number of fused-ring (bicyclic) bond motifs is 1. The van der Waals surface area contributed by atoms with Crippen molar-refractivity contribution in [2.24, 2.45) is 0 Å². The predicted molar refractivity (Wildman–Crippen MR) is 102 cm³/mol. The topological polar surface area (TPSA) is 65.6 Å². The first-order valence-electron chi connectivity index (χ1n) is 7.97. The maximum absolute atomic E-state index is 12.8. The third-order valence-electron chi connectivity index (χ3n) is 3.89. The molecule has 3 rings (SSSR count). The van der Waals surface area contributed by atoms with Gasteiger partial charge in [0.2, 0.25) is 0 Å². The van der Waals surface area contributed by atoms with Crippen LogP contribution < -0.4 is 5.56 Å². The van der Waals surface area contributed by atoms with Gasteiger partial charge in [-0.1, -0.05) is 38.6 Å². The summed E-state index contributed by atoms with van der Waals surface area (Å²) < 4.78 is 3.45. The van der Waals surface area contributed by atoms with E-state index in [0.717, 1.165) is 11.4 Å². The lowest BCUT2D eigenvalue weighted by molar-refractivity contribution is 0.563. The van der Waals surface area contributed by atoms with E-state index in [2.05, 4.69) is 42.3 Å². The van der Waals surface area contributed by atoms with Crippen LogP contribution in [0.1, 0.15) is 26.5 Å². The van der Waals surface area contributed by atoms with Crippen LogP contribution in [0.2, 0.25) is 0 Å². The van der Waals surface area contributed by atoms with Gasteiger partial charge in [-0.2, -0.15) is 0 Å². The quantitative estimate of drug-likeness (QED) is 0.408. The van der Waals surface area contributed by atoms with Gasteiger partial charge in [0.25, 0.3) is 5.56 Å². The minimum Gasteiger partial charge on any atom is -0.267 e. The summed E-state index contributed by atoms with van der Waals surface area (Å²) >= 11 is 1.44. The van der Waals surface area contributed by atoms with Crippen molar-refractivity contribution in [2.45, 2.75) is 37.9 Å². The number of thioether (sulfide) groups is 1. The Bertz CT molecular complexity index is 997. The lowest BCUT2D eigenvalue weighted by atomic mass is 9.91. The van der Waals surface area contributed by atoms with Crippen molar-refractivity contribution < 1.29 is 0 Å². The molecule has 0 saturated carbocycles. The number of pyridine rings is 1. The van der Waals surface area contributed by atoms with E-state index < -0.39 is 0 Å². The van der Waals surface area contributed by atoms with E-state index in [-0.39, 0.29) is 11.0 Å². The molecule has 7 heteroatoms. The first kappa shape index (κ1) is 17.4. The molecule has 0 aliphatic rings. The third kappa shape index (κ3) is 3.11. The van der Waals surface area contributed by atoms with Crippen molar-refractivity contribution >= 4 is 22.8 Å². The largest absolute Gasteiger partial charge is 0.278 e. The van der Waals surface area contributed by atoms with Gasteiger partial charge in [-0.3, -0.25) is 9.78 Å². The highest BCUT2D eigenvalue weighted by Gasteiger charge is 2.20. The molecular formula is C18H21N5OS. The fourth-order valence-corrected chi connectivity index (χ4v) is 2.96. The molecule has 0 aliphatic heterocycles. The van der Waals surface area contributed by atoms with Crippen LogP contribution in [-0.2, 0) is 12.0 Å². The van der Waals surface area contributed by atoms with Crippen molar-refractivity contribution in [3.8, 4) is 5.69 Å². The number of rotatable bonds is 4. The minimum absolute atomic E-state index is 0.0953. The van der Waals surface area contributed by atoms with Crippen molar-refractivity contribution in [1.82, 2.24) is 24.3 Å². The zero-order valence-electron chi connectivity index (χ0n) is 14.9. The van der Waals surface area contributed by atoms with Gasteiger partial charge in [-0.15, -0.1) is 6.58 Å². The molecule has 0 atom stereocenters. The molecule has 0 fully saturated rings. The first-order chi connectivity index (χ1) is 11.9. The number of hydrogen-bond acceptors (Lipinski definition) is 5. The van der Waals surface area contributed by atoms with E-state index in [1.54, 1.807) is 23.2 Å². The van der Waals surface area contributed by atoms with E-state index in [1.165, 1.54) is 11.8 Å². The fourth-order valence-electron chi connectivity index (χ4n) is 2.62. The van der Waals surface area contributed by atoms with E-state index >= 15 is 0 Å². The van der Waals surface area contributed by atoms with Crippen molar-refractivity contribution in [3.63, 3.8) is 0 Å². The molecule has 3 aromatic heterocycles. The molecule has 0 N–H and O–H groups in total. The Morgan fingerprint density at radius 2 is 2.08 bits per heavy atom. The van der Waals surface area contributed by atoms with Crippen molar-refractivity contribution in [1.29, 1.82) is 0 Å². The maximum Gasteiger partial charge on any atom is 0.278 e. The Morgan fingerprint density at radius 1 is 1.32 bits per heavy atom. The number of aromatic nitrogens is 5. The van der Waals surface area contributed by atoms with Gasteiger partial charge in [0, 0.05) is 23.5 Å². The van der Waals surface area contributed by atoms with Crippen LogP contribution in [0.3, 0.4) is 0 Å². The monoisotopic (exact) mass is 355 g/mol. The Labute approximate surface area is 150 Å². The van der Waals surface area contributed by atoms with E-state index in [4.69, 9.17) is 0 Å². The second-order valence-corrected chi connectivity index (χ2v) is 7.50. The zero-order chi connectivity index (χ0) is 18.2. The van der Waals surface area contributed by atoms with Crippen molar-refractivity contribution in [3.05, 3.63) is 53.2 Å². The third-order valence-corrected chi connectivity index (χ3v) is 4.46. The molecule has 25 heavy (non-hydrogen) atoms. The van der Waals surface area contributed by atoms with Gasteiger partial charge in [0.15, 0.2) is 10.8 Å². The lowest BCUT2D eigenvalue weighted by Crippen LogP contribution is -2.22. The summed E-state index contributed by atoms with van der Waals surface area (Å²) in [6, 6.07) is 3.88. The van der Waals surface area contributed by atoms with Gasteiger partial charge >= 0.3 is 0 Å². The number of nitrogens with zero attached hydrogens (tertiary/aromatic N) is 5. The normalized spacial score (nSPS) is 11.8. The first-order valence-corrected chi connectivity index (χ1v) is 9.19. The molecule has 3 aromatic rings. The van der Waals surface area contributed by atoms with Crippen LogP contribution in [0, 0.1) is 0 Å². The lowest BCUT2D eigenvalue weighted by Gasteiger charge is -2.19. The van der Waals surface area contributed by atoms with Gasteiger partial charge in [0.05, 0.1) is 12.2 Å². The van der Waals surface area contributed by atoms with Gasteiger partial charge < -0.3 is 0 Å². The highest BCUT2D eigenvalue weighted by atomic mass is 32.2. The molecule has 6 nitrogen and oxygen atoms in total. The van der Waals surface area contributed by atoms with Crippen molar-refractivity contribution in [2.75, 3.05) is 6.26 Å². The number of hydrogen-bond donors (Lipinski definition) is 0. The average molecular weight is 355 g/mol. The smallest absolute Gasteiger partial charge is 0.267 e. The molecule has 0 amide bonds. The Morgan fingerprint density at radius 3 is 2.72 bits per heavy atom. The second-order valence-electron chi connectivity index (χ2n) is 6.73. The SMILES string of the molecule is C=CCn1c(=O)c2cnc(SC)nc2n1-c1ccnc(C(C)(C)C)c1. The summed E-state index contributed by atoms with van der Waals surface area (Å²) in [5.41, 5.74) is 2.17. The van der Waals surface area contributed by atoms with E-state index in [0.29, 0.717) is 22.7 Å². The maximum atomic E-state index is 12.8. The van der Waals surface area contributed by atoms with Crippen LogP contribution in [0.25, 0.3) is 16.7 Å². The molecular weight excluding hydrogens is 334 g/mol. The summed E-state index contributed by atoms with van der Waals surface area (Å²) in [6.45, 7) is 10.5. The van der Waals surface area contributed by atoms with Crippen LogP contribution >= 0.6 is 11.8 Å². The Balaban J connectivity index is 2.36. The van der Waals surface area contributed by atoms with E-state index in [9.17, 15) is 4.79 Å². The molecule has 0 unspecified atom stereocenters. The van der Waals surface area contributed by atoms with Gasteiger partial charge in [0.1, 0.15) is 5.39 Å². The summed E-state index contributed by atoms with van der Waals surface area (Å²) in [5, 5.41) is 1.12. The van der Waals surface area contributed by atoms with Gasteiger partial charge in [-0.05, 0) is 18.4 Å². The zero-order valence-corrected chi connectivity index (χ0v) is 15.7. The fraction of sp³-hybridized carbons (Fsp3) is 0.333. The average Bonchev–Trinajstić information content (AvgIpc) is 2.86. The molecule has 0 aliphatic carbocycles. The molecule has 0 aromatic carbocycles. The summed E-state index contributed by atoms with van der Waals surface area (Å²) in [6.07, 6.45) is 6.97. The summed E-state index contributed by atoms with van der Waals surface area (Å²) in [5.74, 6) is 0. The highest BCUT2D eigenvalue weighted by molar-refractivity contribution is 7.98. The highest BCUT2D eigenvalue weighted by Crippen LogP contribution is 2.24. The molecule has 130 valence electrons. The van der Waals surface area contributed by atoms with Crippen LogP contribution in [0.15, 0.2) is 47.1 Å². The standard InChI is InChI=1S/C18H21N5OS/c1-6-9-22-16(24)13-11-20-17(25-5)21-15(13)23(22)12-7-8-19-14(10-12)18(2,3)4/h6-8,10-11H,1,9H2,2-5H3. The van der Waals surface area contributed by atoms with Crippen LogP contribution in [0.5, 0.6) is 0 Å². The molecule has 0 bridgehead atoms. The predicted octanol–water partition coefficient (Wildman–Crippen LogP) is 3.18. The summed E-state index contributed by atoms with van der Waals surface area (Å²) in [4.78, 5) is 26.1.